The lowest BCUT2D eigenvalue weighted by molar-refractivity contribution is -0.132. The number of rotatable bonds is 6. The van der Waals surface area contributed by atoms with Crippen molar-refractivity contribution in [2.24, 2.45) is 0 Å². The smallest absolute Gasteiger partial charge is 0.230 e. The number of carbonyl (C=O) groups excluding carboxylic acids is 1. The maximum Gasteiger partial charge on any atom is 0.230 e. The Hall–Kier alpha value is -2.49. The molecule has 2 aromatic rings. The number of ether oxygens (including phenoxy) is 2. The molecule has 0 spiro atoms. The summed E-state index contributed by atoms with van der Waals surface area (Å²) < 4.78 is 11.2. The van der Waals surface area contributed by atoms with Gasteiger partial charge in [0.1, 0.15) is 13.2 Å². The molecule has 3 rings (SSSR count). The Labute approximate surface area is 149 Å². The van der Waals surface area contributed by atoms with Crippen molar-refractivity contribution in [1.82, 2.24) is 4.90 Å². The van der Waals surface area contributed by atoms with Crippen molar-refractivity contribution in [1.29, 1.82) is 0 Å². The summed E-state index contributed by atoms with van der Waals surface area (Å²) in [5, 5.41) is 0. The minimum absolute atomic E-state index is 0.0894. The summed E-state index contributed by atoms with van der Waals surface area (Å²) in [6, 6.07) is 15.9. The molecular weight excluding hydrogens is 314 g/mol. The molecule has 0 bridgehead atoms. The molecule has 0 radical (unpaired) electrons. The Morgan fingerprint density at radius 3 is 2.52 bits per heavy atom. The molecule has 0 fully saturated rings. The van der Waals surface area contributed by atoms with Crippen LogP contribution in [-0.4, -0.2) is 31.1 Å². The van der Waals surface area contributed by atoms with Crippen molar-refractivity contribution < 1.29 is 14.3 Å². The van der Waals surface area contributed by atoms with Gasteiger partial charge in [-0.3, -0.25) is 4.79 Å². The second kappa shape index (κ2) is 8.06. The fourth-order valence-electron chi connectivity index (χ4n) is 3.21. The first kappa shape index (κ1) is 17.3. The number of likely N-dealkylation sites (N-methyl/N-ethyl adjacent to an activating group) is 1. The van der Waals surface area contributed by atoms with Crippen LogP contribution in [0.4, 0.5) is 0 Å². The van der Waals surface area contributed by atoms with Crippen molar-refractivity contribution in [2.75, 3.05) is 20.3 Å². The van der Waals surface area contributed by atoms with E-state index >= 15 is 0 Å². The monoisotopic (exact) mass is 339 g/mol. The minimum atomic E-state index is -0.0894. The van der Waals surface area contributed by atoms with E-state index in [0.29, 0.717) is 19.8 Å². The molecule has 1 aliphatic rings. The van der Waals surface area contributed by atoms with Crippen molar-refractivity contribution in [3.63, 3.8) is 0 Å². The van der Waals surface area contributed by atoms with Gasteiger partial charge in [-0.25, -0.2) is 0 Å². The third-order valence-electron chi connectivity index (χ3n) is 4.48. The summed E-state index contributed by atoms with van der Waals surface area (Å²) in [5.41, 5.74) is 2.13. The molecule has 2 aromatic carbocycles. The molecule has 0 saturated carbocycles. The van der Waals surface area contributed by atoms with E-state index in [2.05, 4.69) is 6.92 Å². The Morgan fingerprint density at radius 1 is 1.08 bits per heavy atom. The molecule has 25 heavy (non-hydrogen) atoms. The molecule has 0 aliphatic carbocycles. The molecule has 0 aromatic heterocycles. The molecule has 1 aliphatic heterocycles. The van der Waals surface area contributed by atoms with Gasteiger partial charge in [-0.1, -0.05) is 49.7 Å². The molecule has 4 nitrogen and oxygen atoms in total. The van der Waals surface area contributed by atoms with E-state index in [1.165, 1.54) is 0 Å². The van der Waals surface area contributed by atoms with Crippen molar-refractivity contribution >= 4 is 5.91 Å². The van der Waals surface area contributed by atoms with Crippen molar-refractivity contribution in [2.45, 2.75) is 32.2 Å². The van der Waals surface area contributed by atoms with Gasteiger partial charge < -0.3 is 14.4 Å². The largest absolute Gasteiger partial charge is 0.486 e. The van der Waals surface area contributed by atoms with E-state index in [1.54, 1.807) is 4.90 Å². The predicted octanol–water partition coefficient (Wildman–Crippen LogP) is 4.00. The van der Waals surface area contributed by atoms with Crippen LogP contribution in [0.5, 0.6) is 11.5 Å². The number of fused-ring (bicyclic) bond motifs is 1. The molecular formula is C21H25NO3. The van der Waals surface area contributed by atoms with Crippen LogP contribution >= 0.6 is 0 Å². The van der Waals surface area contributed by atoms with Crippen LogP contribution in [0.15, 0.2) is 48.5 Å². The van der Waals surface area contributed by atoms with Gasteiger partial charge in [0.15, 0.2) is 11.5 Å². The molecule has 1 atom stereocenters. The average Bonchev–Trinajstić information content (AvgIpc) is 2.66. The van der Waals surface area contributed by atoms with Gasteiger partial charge in [0.25, 0.3) is 0 Å². The van der Waals surface area contributed by atoms with E-state index in [0.717, 1.165) is 35.5 Å². The normalized spacial score (nSPS) is 14.0. The summed E-state index contributed by atoms with van der Waals surface area (Å²) in [6.45, 7) is 3.82. The predicted molar refractivity (Wildman–Crippen MR) is 98.0 cm³/mol. The molecule has 1 heterocycles. The molecule has 0 saturated heterocycles. The van der Waals surface area contributed by atoms with Crippen LogP contribution < -0.4 is 9.47 Å². The van der Waals surface area contributed by atoms with Gasteiger partial charge in [0.05, 0.1) is 5.92 Å². The summed E-state index contributed by atoms with van der Waals surface area (Å²) in [7, 11) is 1.87. The van der Waals surface area contributed by atoms with E-state index in [1.807, 2.05) is 55.6 Å². The summed E-state index contributed by atoms with van der Waals surface area (Å²) in [4.78, 5) is 14.8. The molecule has 1 amide bonds. The molecule has 4 heteroatoms. The van der Waals surface area contributed by atoms with E-state index in [-0.39, 0.29) is 11.8 Å². The number of amides is 1. The van der Waals surface area contributed by atoms with E-state index in [4.69, 9.17) is 9.47 Å². The highest BCUT2D eigenvalue weighted by atomic mass is 16.6. The first-order valence-electron chi connectivity index (χ1n) is 8.87. The Bertz CT molecular complexity index is 714. The SMILES string of the molecule is CCCC(C(=O)N(C)Cc1ccc2c(c1)OCCO2)c1ccccc1. The Morgan fingerprint density at radius 2 is 1.80 bits per heavy atom. The lowest BCUT2D eigenvalue weighted by atomic mass is 9.93. The van der Waals surface area contributed by atoms with Gasteiger partial charge in [0.2, 0.25) is 5.91 Å². The molecule has 0 N–H and O–H groups in total. The van der Waals surface area contributed by atoms with Crippen molar-refractivity contribution in [3.05, 3.63) is 59.7 Å². The van der Waals surface area contributed by atoms with Gasteiger partial charge >= 0.3 is 0 Å². The maximum atomic E-state index is 13.0. The highest BCUT2D eigenvalue weighted by Gasteiger charge is 2.23. The second-order valence-corrected chi connectivity index (χ2v) is 6.42. The standard InChI is InChI=1S/C21H25NO3/c1-3-7-18(17-8-5-4-6-9-17)21(23)22(2)15-16-10-11-19-20(14-16)25-13-12-24-19/h4-6,8-11,14,18H,3,7,12-13,15H2,1-2H3. The maximum absolute atomic E-state index is 13.0. The number of hydrogen-bond donors (Lipinski definition) is 0. The van der Waals surface area contributed by atoms with Gasteiger partial charge in [-0.2, -0.15) is 0 Å². The summed E-state index contributed by atoms with van der Waals surface area (Å²) >= 11 is 0. The summed E-state index contributed by atoms with van der Waals surface area (Å²) in [6.07, 6.45) is 1.83. The number of carbonyl (C=O) groups is 1. The zero-order valence-corrected chi connectivity index (χ0v) is 14.9. The van der Waals surface area contributed by atoms with Crippen LogP contribution in [0.2, 0.25) is 0 Å². The third-order valence-corrected chi connectivity index (χ3v) is 4.48. The first-order chi connectivity index (χ1) is 12.2. The van der Waals surface area contributed by atoms with Gasteiger partial charge in [-0.05, 0) is 29.7 Å². The number of benzene rings is 2. The Balaban J connectivity index is 1.72. The lowest BCUT2D eigenvalue weighted by Gasteiger charge is -2.25. The van der Waals surface area contributed by atoms with Crippen LogP contribution in [0.3, 0.4) is 0 Å². The lowest BCUT2D eigenvalue weighted by Crippen LogP contribution is -2.31. The average molecular weight is 339 g/mol. The van der Waals surface area contributed by atoms with Crippen LogP contribution in [0.25, 0.3) is 0 Å². The highest BCUT2D eigenvalue weighted by molar-refractivity contribution is 5.83. The topological polar surface area (TPSA) is 38.8 Å². The molecule has 132 valence electrons. The fraction of sp³-hybridized carbons (Fsp3) is 0.381. The first-order valence-corrected chi connectivity index (χ1v) is 8.87. The molecule has 1 unspecified atom stereocenters. The second-order valence-electron chi connectivity index (χ2n) is 6.42. The zero-order valence-electron chi connectivity index (χ0n) is 14.9. The Kier molecular flexibility index (Phi) is 5.59. The third kappa shape index (κ3) is 4.13. The number of nitrogens with zero attached hydrogens (tertiary/aromatic N) is 1. The quantitative estimate of drug-likeness (QED) is 0.798. The highest BCUT2D eigenvalue weighted by Crippen LogP contribution is 2.31. The van der Waals surface area contributed by atoms with E-state index in [9.17, 15) is 4.79 Å². The summed E-state index contributed by atoms with van der Waals surface area (Å²) in [5.74, 6) is 1.60. The minimum Gasteiger partial charge on any atom is -0.486 e. The van der Waals surface area contributed by atoms with Gasteiger partial charge in [-0.15, -0.1) is 0 Å². The van der Waals surface area contributed by atoms with Gasteiger partial charge in [0, 0.05) is 13.6 Å². The van der Waals surface area contributed by atoms with Crippen molar-refractivity contribution in [3.8, 4) is 11.5 Å². The van der Waals surface area contributed by atoms with Crippen LogP contribution in [0, 0.1) is 0 Å². The fourth-order valence-corrected chi connectivity index (χ4v) is 3.21. The zero-order chi connectivity index (χ0) is 17.6. The van der Waals surface area contributed by atoms with E-state index < -0.39 is 0 Å². The van der Waals surface area contributed by atoms with Crippen LogP contribution in [-0.2, 0) is 11.3 Å². The number of hydrogen-bond acceptors (Lipinski definition) is 3. The van der Waals surface area contributed by atoms with Crippen LogP contribution in [0.1, 0.15) is 36.8 Å².